The Bertz CT molecular complexity index is 628. The molecule has 2 atom stereocenters. The summed E-state index contributed by atoms with van der Waals surface area (Å²) < 4.78 is 0. The minimum absolute atomic E-state index is 0.0103. The first kappa shape index (κ1) is 16.3. The van der Waals surface area contributed by atoms with Gasteiger partial charge in [-0.05, 0) is 42.9 Å². The van der Waals surface area contributed by atoms with Crippen molar-refractivity contribution in [2.45, 2.75) is 34.2 Å². The summed E-state index contributed by atoms with van der Waals surface area (Å²) >= 11 is 0. The lowest BCUT2D eigenvalue weighted by molar-refractivity contribution is -0.123. The fourth-order valence-electron chi connectivity index (χ4n) is 2.98. The highest BCUT2D eigenvalue weighted by Gasteiger charge is 2.60. The molecule has 0 spiro atoms. The van der Waals surface area contributed by atoms with Gasteiger partial charge >= 0.3 is 0 Å². The van der Waals surface area contributed by atoms with Crippen molar-refractivity contribution >= 4 is 11.8 Å². The van der Waals surface area contributed by atoms with Gasteiger partial charge in [-0.15, -0.1) is 0 Å². The molecular weight excluding hydrogens is 276 g/mol. The van der Waals surface area contributed by atoms with Crippen LogP contribution in [0.15, 0.2) is 35.9 Å². The fraction of sp³-hybridized carbons (Fsp3) is 0.444. The molecule has 1 saturated carbocycles. The van der Waals surface area contributed by atoms with Crippen LogP contribution in [0.4, 0.5) is 0 Å². The first-order valence-corrected chi connectivity index (χ1v) is 7.55. The average Bonchev–Trinajstić information content (AvgIpc) is 2.96. The average molecular weight is 300 g/mol. The van der Waals surface area contributed by atoms with Crippen LogP contribution in [-0.4, -0.2) is 11.8 Å². The Balaban J connectivity index is 1.98. The van der Waals surface area contributed by atoms with Gasteiger partial charge in [-0.2, -0.15) is 0 Å². The third-order valence-corrected chi connectivity index (χ3v) is 4.38. The fourth-order valence-corrected chi connectivity index (χ4v) is 2.98. The van der Waals surface area contributed by atoms with Crippen LogP contribution in [0.3, 0.4) is 0 Å². The summed E-state index contributed by atoms with van der Waals surface area (Å²) in [5.74, 6) is -0.0757. The quantitative estimate of drug-likeness (QED) is 0.821. The van der Waals surface area contributed by atoms with Crippen LogP contribution < -0.4 is 11.1 Å². The molecule has 22 heavy (non-hydrogen) atoms. The molecule has 3 N–H and O–H groups in total. The molecule has 4 nitrogen and oxygen atoms in total. The molecule has 4 heteroatoms. The molecule has 0 aliphatic heterocycles. The van der Waals surface area contributed by atoms with Crippen LogP contribution in [0.1, 0.15) is 43.6 Å². The molecule has 0 bridgehead atoms. The number of allylic oxidation sites excluding steroid dienone is 2. The van der Waals surface area contributed by atoms with Gasteiger partial charge in [0.05, 0.1) is 5.92 Å². The molecule has 0 aromatic heterocycles. The molecule has 0 unspecified atom stereocenters. The third kappa shape index (κ3) is 3.38. The molecule has 2 amide bonds. The van der Waals surface area contributed by atoms with E-state index in [1.807, 2.05) is 6.07 Å². The summed E-state index contributed by atoms with van der Waals surface area (Å²) in [7, 11) is 0. The van der Waals surface area contributed by atoms with Crippen LogP contribution in [-0.2, 0) is 11.3 Å². The van der Waals surface area contributed by atoms with Gasteiger partial charge in [-0.3, -0.25) is 9.59 Å². The standard InChI is InChI=1S/C18H24N2O2/c1-11(2)8-14-15(18(14,3)4)17(22)20-10-12-6-5-7-13(9-12)16(19)21/h5-9,14-15H,10H2,1-4H3,(H2,19,21)(H,20,22)/t14-,15-/m1/s1. The Labute approximate surface area is 131 Å². The highest BCUT2D eigenvalue weighted by atomic mass is 16.2. The summed E-state index contributed by atoms with van der Waals surface area (Å²) in [6.07, 6.45) is 2.18. The second-order valence-corrected chi connectivity index (χ2v) is 6.85. The van der Waals surface area contributed by atoms with Crippen molar-refractivity contribution in [3.8, 4) is 0 Å². The highest BCUT2D eigenvalue weighted by Crippen LogP contribution is 2.59. The molecule has 1 aromatic carbocycles. The Morgan fingerprint density at radius 1 is 1.32 bits per heavy atom. The molecular formula is C18H24N2O2. The van der Waals surface area contributed by atoms with Crippen molar-refractivity contribution in [3.63, 3.8) is 0 Å². The Kier molecular flexibility index (Phi) is 4.40. The minimum atomic E-state index is -0.458. The predicted molar refractivity (Wildman–Crippen MR) is 87.0 cm³/mol. The maximum Gasteiger partial charge on any atom is 0.248 e. The number of benzene rings is 1. The first-order chi connectivity index (χ1) is 10.2. The van der Waals surface area contributed by atoms with Gasteiger partial charge in [-0.25, -0.2) is 0 Å². The van der Waals surface area contributed by atoms with Crippen LogP contribution in [0, 0.1) is 17.3 Å². The van der Waals surface area contributed by atoms with E-state index >= 15 is 0 Å². The Hall–Kier alpha value is -2.10. The second kappa shape index (κ2) is 5.95. The number of nitrogens with one attached hydrogen (secondary N) is 1. The maximum absolute atomic E-state index is 12.4. The Morgan fingerprint density at radius 3 is 2.59 bits per heavy atom. The number of rotatable bonds is 5. The number of carbonyl (C=O) groups is 2. The summed E-state index contributed by atoms with van der Waals surface area (Å²) in [5, 5.41) is 2.97. The molecule has 1 aliphatic rings. The van der Waals surface area contributed by atoms with E-state index in [2.05, 4.69) is 39.1 Å². The van der Waals surface area contributed by atoms with Gasteiger partial charge in [0.25, 0.3) is 0 Å². The van der Waals surface area contributed by atoms with Crippen LogP contribution >= 0.6 is 0 Å². The summed E-state index contributed by atoms with van der Waals surface area (Å²) in [4.78, 5) is 23.5. The molecule has 1 aromatic rings. The molecule has 0 saturated heterocycles. The van der Waals surface area contributed by atoms with Crippen molar-refractivity contribution in [1.82, 2.24) is 5.32 Å². The third-order valence-electron chi connectivity index (χ3n) is 4.38. The number of primary amides is 1. The van der Waals surface area contributed by atoms with Crippen LogP contribution in [0.25, 0.3) is 0 Å². The zero-order valence-electron chi connectivity index (χ0n) is 13.6. The van der Waals surface area contributed by atoms with Gasteiger partial charge in [-0.1, -0.05) is 37.6 Å². The smallest absolute Gasteiger partial charge is 0.248 e. The number of nitrogens with two attached hydrogens (primary N) is 1. The van der Waals surface area contributed by atoms with E-state index < -0.39 is 5.91 Å². The van der Waals surface area contributed by atoms with E-state index in [1.54, 1.807) is 18.2 Å². The van der Waals surface area contributed by atoms with E-state index in [-0.39, 0.29) is 17.2 Å². The van der Waals surface area contributed by atoms with E-state index in [0.717, 1.165) is 5.56 Å². The monoisotopic (exact) mass is 300 g/mol. The van der Waals surface area contributed by atoms with Gasteiger partial charge in [0.1, 0.15) is 0 Å². The van der Waals surface area contributed by atoms with E-state index in [9.17, 15) is 9.59 Å². The zero-order chi connectivity index (χ0) is 16.5. The SMILES string of the molecule is CC(C)=C[C@@H]1[C@H](C(=O)NCc2cccc(C(N)=O)c2)C1(C)C. The van der Waals surface area contributed by atoms with E-state index in [0.29, 0.717) is 18.0 Å². The normalized spacial score (nSPS) is 21.8. The molecule has 1 fully saturated rings. The van der Waals surface area contributed by atoms with E-state index in [4.69, 9.17) is 5.73 Å². The van der Waals surface area contributed by atoms with E-state index in [1.165, 1.54) is 5.57 Å². The summed E-state index contributed by atoms with van der Waals surface area (Å²) in [6, 6.07) is 7.03. The van der Waals surface area contributed by atoms with Crippen LogP contribution in [0.2, 0.25) is 0 Å². The lowest BCUT2D eigenvalue weighted by atomic mass is 10.1. The molecule has 2 rings (SSSR count). The van der Waals surface area contributed by atoms with Crippen molar-refractivity contribution < 1.29 is 9.59 Å². The summed E-state index contributed by atoms with van der Waals surface area (Å²) in [5.41, 5.74) is 7.85. The lowest BCUT2D eigenvalue weighted by Gasteiger charge is -2.07. The topological polar surface area (TPSA) is 72.2 Å². The van der Waals surface area contributed by atoms with Crippen molar-refractivity contribution in [2.75, 3.05) is 0 Å². The number of carbonyl (C=O) groups excluding carboxylic acids is 2. The molecule has 0 heterocycles. The van der Waals surface area contributed by atoms with Crippen molar-refractivity contribution in [3.05, 3.63) is 47.0 Å². The summed E-state index contributed by atoms with van der Waals surface area (Å²) in [6.45, 7) is 8.76. The lowest BCUT2D eigenvalue weighted by Crippen LogP contribution is -2.26. The Morgan fingerprint density at radius 2 is 2.00 bits per heavy atom. The van der Waals surface area contributed by atoms with Crippen LogP contribution in [0.5, 0.6) is 0 Å². The van der Waals surface area contributed by atoms with Crippen molar-refractivity contribution in [2.24, 2.45) is 23.0 Å². The van der Waals surface area contributed by atoms with Gasteiger partial charge < -0.3 is 11.1 Å². The number of amides is 2. The van der Waals surface area contributed by atoms with Gasteiger partial charge in [0.15, 0.2) is 0 Å². The van der Waals surface area contributed by atoms with Crippen molar-refractivity contribution in [1.29, 1.82) is 0 Å². The molecule has 0 radical (unpaired) electrons. The maximum atomic E-state index is 12.4. The number of hydrogen-bond donors (Lipinski definition) is 2. The molecule has 118 valence electrons. The van der Waals surface area contributed by atoms with Gasteiger partial charge in [0.2, 0.25) is 11.8 Å². The molecule has 1 aliphatic carbocycles. The first-order valence-electron chi connectivity index (χ1n) is 7.55. The minimum Gasteiger partial charge on any atom is -0.366 e. The highest BCUT2D eigenvalue weighted by molar-refractivity contribution is 5.92. The van der Waals surface area contributed by atoms with Gasteiger partial charge in [0, 0.05) is 12.1 Å². The zero-order valence-corrected chi connectivity index (χ0v) is 13.6. The number of hydrogen-bond acceptors (Lipinski definition) is 2. The predicted octanol–water partition coefficient (Wildman–Crippen LogP) is 2.64. The second-order valence-electron chi connectivity index (χ2n) is 6.85. The largest absolute Gasteiger partial charge is 0.366 e.